The first-order valence-corrected chi connectivity index (χ1v) is 8.68. The average Bonchev–Trinajstić information content (AvgIpc) is 3.08. The average molecular weight is 366 g/mol. The monoisotopic (exact) mass is 366 g/mol. The van der Waals surface area contributed by atoms with Gasteiger partial charge in [0.15, 0.2) is 0 Å². The maximum atomic E-state index is 12.1. The van der Waals surface area contributed by atoms with Crippen molar-refractivity contribution in [2.24, 2.45) is 0 Å². The topological polar surface area (TPSA) is 80.4 Å². The number of hydrogen-bond donors (Lipinski definition) is 2. The standard InChI is InChI=1S/C21H22N2O4/c1-14-8-9-18-17(10-14)16(12-22-18)11-19(20(24)26-2)23-21(25)27-13-15-6-4-3-5-7-15/h3-10,12,19,22H,11,13H2,1-2H3,(H,23,25). The number of amides is 1. The predicted octanol–water partition coefficient (Wildman–Crippen LogP) is 3.49. The van der Waals surface area contributed by atoms with Crippen molar-refractivity contribution in [3.63, 3.8) is 0 Å². The molecule has 1 amide bonds. The van der Waals surface area contributed by atoms with E-state index in [9.17, 15) is 9.59 Å². The molecule has 1 unspecified atom stereocenters. The summed E-state index contributed by atoms with van der Waals surface area (Å²) in [6.45, 7) is 2.14. The number of methoxy groups -OCH3 is 1. The highest BCUT2D eigenvalue weighted by molar-refractivity contribution is 5.86. The molecule has 6 heteroatoms. The minimum atomic E-state index is -0.835. The molecule has 1 aromatic heterocycles. The molecule has 140 valence electrons. The summed E-state index contributed by atoms with van der Waals surface area (Å²) >= 11 is 0. The molecular weight excluding hydrogens is 344 g/mol. The van der Waals surface area contributed by atoms with E-state index >= 15 is 0 Å². The molecule has 0 fully saturated rings. The van der Waals surface area contributed by atoms with Crippen molar-refractivity contribution >= 4 is 23.0 Å². The zero-order valence-corrected chi connectivity index (χ0v) is 15.3. The highest BCUT2D eigenvalue weighted by Gasteiger charge is 2.24. The van der Waals surface area contributed by atoms with Gasteiger partial charge in [-0.1, -0.05) is 42.0 Å². The minimum Gasteiger partial charge on any atom is -0.467 e. The smallest absolute Gasteiger partial charge is 0.408 e. The van der Waals surface area contributed by atoms with Crippen molar-refractivity contribution in [3.8, 4) is 0 Å². The van der Waals surface area contributed by atoms with Gasteiger partial charge in [-0.2, -0.15) is 0 Å². The maximum absolute atomic E-state index is 12.1. The third-order valence-electron chi connectivity index (χ3n) is 4.34. The van der Waals surface area contributed by atoms with Gasteiger partial charge in [-0.3, -0.25) is 0 Å². The van der Waals surface area contributed by atoms with E-state index in [-0.39, 0.29) is 6.61 Å². The molecule has 3 rings (SSSR count). The number of aromatic nitrogens is 1. The van der Waals surface area contributed by atoms with Crippen molar-refractivity contribution in [3.05, 3.63) is 71.4 Å². The molecule has 0 saturated heterocycles. The van der Waals surface area contributed by atoms with Crippen LogP contribution in [0.15, 0.2) is 54.7 Å². The summed E-state index contributed by atoms with van der Waals surface area (Å²) < 4.78 is 10.1. The van der Waals surface area contributed by atoms with Crippen LogP contribution >= 0.6 is 0 Å². The Kier molecular flexibility index (Phi) is 5.76. The van der Waals surface area contributed by atoms with E-state index in [2.05, 4.69) is 10.3 Å². The fourth-order valence-corrected chi connectivity index (χ4v) is 2.92. The molecule has 1 heterocycles. The first-order chi connectivity index (χ1) is 13.1. The summed E-state index contributed by atoms with van der Waals surface area (Å²) in [6.07, 6.45) is 1.48. The molecule has 1 atom stereocenters. The van der Waals surface area contributed by atoms with Crippen molar-refractivity contribution in [1.82, 2.24) is 10.3 Å². The van der Waals surface area contributed by atoms with E-state index in [1.54, 1.807) is 0 Å². The van der Waals surface area contributed by atoms with E-state index in [1.807, 2.05) is 61.7 Å². The number of benzene rings is 2. The van der Waals surface area contributed by atoms with Gasteiger partial charge in [0, 0.05) is 23.5 Å². The Labute approximate surface area is 157 Å². The molecule has 0 aliphatic rings. The van der Waals surface area contributed by atoms with Crippen LogP contribution in [0.5, 0.6) is 0 Å². The highest BCUT2D eigenvalue weighted by Crippen LogP contribution is 2.21. The molecule has 0 saturated carbocycles. The van der Waals surface area contributed by atoms with E-state index in [0.29, 0.717) is 6.42 Å². The molecule has 0 spiro atoms. The lowest BCUT2D eigenvalue weighted by Gasteiger charge is -2.16. The van der Waals surface area contributed by atoms with Crippen LogP contribution in [0.4, 0.5) is 4.79 Å². The SMILES string of the molecule is COC(=O)C(Cc1c[nH]c2ccc(C)cc12)NC(=O)OCc1ccccc1. The van der Waals surface area contributed by atoms with Gasteiger partial charge in [0.25, 0.3) is 0 Å². The third kappa shape index (κ3) is 4.67. The minimum absolute atomic E-state index is 0.132. The normalized spacial score (nSPS) is 11.8. The van der Waals surface area contributed by atoms with Crippen LogP contribution in [0.2, 0.25) is 0 Å². The van der Waals surface area contributed by atoms with Crippen LogP contribution in [0, 0.1) is 6.92 Å². The first kappa shape index (κ1) is 18.5. The van der Waals surface area contributed by atoms with E-state index < -0.39 is 18.1 Å². The van der Waals surface area contributed by atoms with E-state index in [0.717, 1.165) is 27.6 Å². The van der Waals surface area contributed by atoms with Gasteiger partial charge < -0.3 is 19.8 Å². The van der Waals surface area contributed by atoms with Gasteiger partial charge in [-0.15, -0.1) is 0 Å². The van der Waals surface area contributed by atoms with Crippen LogP contribution in [-0.2, 0) is 27.3 Å². The maximum Gasteiger partial charge on any atom is 0.408 e. The molecule has 3 aromatic rings. The number of H-pyrrole nitrogens is 1. The molecule has 0 bridgehead atoms. The Hall–Kier alpha value is -3.28. The number of esters is 1. The number of ether oxygens (including phenoxy) is 2. The van der Waals surface area contributed by atoms with Crippen LogP contribution in [-0.4, -0.2) is 30.2 Å². The number of fused-ring (bicyclic) bond motifs is 1. The summed E-state index contributed by atoms with van der Waals surface area (Å²) in [5.41, 5.74) is 3.89. The van der Waals surface area contributed by atoms with Crippen LogP contribution < -0.4 is 5.32 Å². The number of aryl methyl sites for hydroxylation is 1. The quantitative estimate of drug-likeness (QED) is 0.655. The predicted molar refractivity (Wildman–Crippen MR) is 102 cm³/mol. The second-order valence-corrected chi connectivity index (χ2v) is 6.35. The molecule has 0 aliphatic carbocycles. The van der Waals surface area contributed by atoms with Crippen molar-refractivity contribution in [1.29, 1.82) is 0 Å². The molecule has 2 aromatic carbocycles. The van der Waals surface area contributed by atoms with Crippen molar-refractivity contribution in [2.75, 3.05) is 7.11 Å². The molecule has 6 nitrogen and oxygen atoms in total. The number of carbonyl (C=O) groups is 2. The fourth-order valence-electron chi connectivity index (χ4n) is 2.92. The Morgan fingerprint density at radius 2 is 1.93 bits per heavy atom. The Morgan fingerprint density at radius 1 is 1.15 bits per heavy atom. The van der Waals surface area contributed by atoms with Gasteiger partial charge in [0.1, 0.15) is 12.6 Å². The number of rotatable bonds is 6. The molecule has 0 radical (unpaired) electrons. The number of carbonyl (C=O) groups excluding carboxylic acids is 2. The second-order valence-electron chi connectivity index (χ2n) is 6.35. The zero-order valence-electron chi connectivity index (χ0n) is 15.3. The van der Waals surface area contributed by atoms with Gasteiger partial charge in [-0.25, -0.2) is 9.59 Å². The van der Waals surface area contributed by atoms with Gasteiger partial charge in [0.05, 0.1) is 7.11 Å². The van der Waals surface area contributed by atoms with Gasteiger partial charge in [-0.05, 0) is 30.2 Å². The number of nitrogens with one attached hydrogen (secondary N) is 2. The van der Waals surface area contributed by atoms with Crippen molar-refractivity contribution in [2.45, 2.75) is 26.0 Å². The number of hydrogen-bond acceptors (Lipinski definition) is 4. The summed E-state index contributed by atoms with van der Waals surface area (Å²) in [4.78, 5) is 27.5. The van der Waals surface area contributed by atoms with E-state index in [1.165, 1.54) is 7.11 Å². The number of alkyl carbamates (subject to hydrolysis) is 1. The zero-order chi connectivity index (χ0) is 19.2. The van der Waals surface area contributed by atoms with E-state index in [4.69, 9.17) is 9.47 Å². The third-order valence-corrected chi connectivity index (χ3v) is 4.34. The summed E-state index contributed by atoms with van der Waals surface area (Å²) in [5, 5.41) is 3.62. The first-order valence-electron chi connectivity index (χ1n) is 8.68. The fraction of sp³-hybridized carbons (Fsp3) is 0.238. The highest BCUT2D eigenvalue weighted by atomic mass is 16.6. The summed E-state index contributed by atoms with van der Waals surface area (Å²) in [7, 11) is 1.30. The van der Waals surface area contributed by atoms with Crippen LogP contribution in [0.25, 0.3) is 10.9 Å². The molecule has 0 aliphatic heterocycles. The lowest BCUT2D eigenvalue weighted by atomic mass is 10.0. The molecule has 27 heavy (non-hydrogen) atoms. The van der Waals surface area contributed by atoms with Crippen LogP contribution in [0.1, 0.15) is 16.7 Å². The Bertz CT molecular complexity index is 934. The summed E-state index contributed by atoms with van der Waals surface area (Å²) in [6, 6.07) is 14.6. The van der Waals surface area contributed by atoms with Crippen LogP contribution in [0.3, 0.4) is 0 Å². The lowest BCUT2D eigenvalue weighted by molar-refractivity contribution is -0.142. The molecule has 2 N–H and O–H groups in total. The summed E-state index contributed by atoms with van der Waals surface area (Å²) in [5.74, 6) is -0.520. The van der Waals surface area contributed by atoms with Crippen molar-refractivity contribution < 1.29 is 19.1 Å². The molecular formula is C21H22N2O4. The number of aromatic amines is 1. The van der Waals surface area contributed by atoms with Gasteiger partial charge in [0.2, 0.25) is 0 Å². The Morgan fingerprint density at radius 3 is 2.67 bits per heavy atom. The Balaban J connectivity index is 1.69. The largest absolute Gasteiger partial charge is 0.467 e. The van der Waals surface area contributed by atoms with Gasteiger partial charge >= 0.3 is 12.1 Å². The lowest BCUT2D eigenvalue weighted by Crippen LogP contribution is -2.43. The second kappa shape index (κ2) is 8.40.